The number of hydrogen-bond acceptors (Lipinski definition) is 1. The molecule has 0 heterocycles. The smallest absolute Gasteiger partial charge is 0.00949 e. The predicted molar refractivity (Wildman–Crippen MR) is 56.4 cm³/mol. The van der Waals surface area contributed by atoms with Gasteiger partial charge in [-0.25, -0.2) is 0 Å². The van der Waals surface area contributed by atoms with Gasteiger partial charge in [0.05, 0.1) is 0 Å². The molecule has 1 heteroatoms. The molecule has 0 aliphatic carbocycles. The second-order valence-electron chi connectivity index (χ2n) is 3.89. The van der Waals surface area contributed by atoms with E-state index in [0.717, 1.165) is 24.4 Å². The number of nitrogens with one attached hydrogen (secondary N) is 1. The first-order valence-electron chi connectivity index (χ1n) is 5.40. The van der Waals surface area contributed by atoms with Crippen molar-refractivity contribution in [2.24, 2.45) is 11.8 Å². The van der Waals surface area contributed by atoms with Crippen molar-refractivity contribution in [3.63, 3.8) is 0 Å². The van der Waals surface area contributed by atoms with Crippen LogP contribution in [0.5, 0.6) is 0 Å². The third-order valence-corrected chi connectivity index (χ3v) is 2.75. The summed E-state index contributed by atoms with van der Waals surface area (Å²) < 4.78 is 0. The van der Waals surface area contributed by atoms with Gasteiger partial charge in [-0.2, -0.15) is 0 Å². The summed E-state index contributed by atoms with van der Waals surface area (Å²) in [6.07, 6.45) is 2.55. The Balaban J connectivity index is 4.02. The van der Waals surface area contributed by atoms with Crippen LogP contribution in [0.1, 0.15) is 47.5 Å². The van der Waals surface area contributed by atoms with Gasteiger partial charge < -0.3 is 5.32 Å². The van der Waals surface area contributed by atoms with Crippen molar-refractivity contribution in [2.45, 2.75) is 53.5 Å². The van der Waals surface area contributed by atoms with Gasteiger partial charge in [0, 0.05) is 6.04 Å². The van der Waals surface area contributed by atoms with Gasteiger partial charge in [-0.15, -0.1) is 0 Å². The van der Waals surface area contributed by atoms with Crippen LogP contribution in [0.3, 0.4) is 0 Å². The molecule has 0 bridgehead atoms. The zero-order valence-electron chi connectivity index (χ0n) is 9.35. The van der Waals surface area contributed by atoms with Gasteiger partial charge in [0.1, 0.15) is 0 Å². The molecule has 0 aromatic heterocycles. The zero-order chi connectivity index (χ0) is 9.56. The molecule has 0 amide bonds. The van der Waals surface area contributed by atoms with Crippen LogP contribution in [0.4, 0.5) is 0 Å². The molecule has 0 fully saturated rings. The standard InChI is InChI=1S/C11H25N/c1-6-10(9(4)5)11(7-2)12-8-3/h9-12H,6-8H2,1-5H3/t10-,11?/m0/s1. The van der Waals surface area contributed by atoms with Gasteiger partial charge in [-0.1, -0.05) is 41.0 Å². The van der Waals surface area contributed by atoms with Crippen molar-refractivity contribution < 1.29 is 0 Å². The average molecular weight is 171 g/mol. The van der Waals surface area contributed by atoms with Crippen LogP contribution in [0.2, 0.25) is 0 Å². The van der Waals surface area contributed by atoms with Crippen LogP contribution in [-0.2, 0) is 0 Å². The number of rotatable bonds is 6. The van der Waals surface area contributed by atoms with Crippen LogP contribution >= 0.6 is 0 Å². The molecule has 1 N–H and O–H groups in total. The highest BCUT2D eigenvalue weighted by Crippen LogP contribution is 2.20. The molecule has 1 nitrogen and oxygen atoms in total. The molecular weight excluding hydrogens is 146 g/mol. The van der Waals surface area contributed by atoms with Crippen LogP contribution in [-0.4, -0.2) is 12.6 Å². The fraction of sp³-hybridized carbons (Fsp3) is 1.00. The monoisotopic (exact) mass is 171 g/mol. The molecular formula is C11H25N. The second kappa shape index (κ2) is 6.47. The molecule has 0 aromatic carbocycles. The Hall–Kier alpha value is -0.0400. The van der Waals surface area contributed by atoms with E-state index >= 15 is 0 Å². The van der Waals surface area contributed by atoms with Crippen LogP contribution in [0.25, 0.3) is 0 Å². The van der Waals surface area contributed by atoms with Gasteiger partial charge in [-0.05, 0) is 24.8 Å². The average Bonchev–Trinajstić information content (AvgIpc) is 2.03. The van der Waals surface area contributed by atoms with Crippen LogP contribution < -0.4 is 5.32 Å². The Bertz CT molecular complexity index is 99.2. The first kappa shape index (κ1) is 12.0. The highest BCUT2D eigenvalue weighted by molar-refractivity contribution is 4.75. The van der Waals surface area contributed by atoms with E-state index in [0.29, 0.717) is 0 Å². The highest BCUT2D eigenvalue weighted by Gasteiger charge is 2.19. The molecule has 74 valence electrons. The second-order valence-corrected chi connectivity index (χ2v) is 3.89. The van der Waals surface area contributed by atoms with Crippen LogP contribution in [0, 0.1) is 11.8 Å². The lowest BCUT2D eigenvalue weighted by molar-refractivity contribution is 0.264. The van der Waals surface area contributed by atoms with E-state index in [1.165, 1.54) is 12.8 Å². The number of hydrogen-bond donors (Lipinski definition) is 1. The summed E-state index contributed by atoms with van der Waals surface area (Å²) in [6.45, 7) is 12.5. The summed E-state index contributed by atoms with van der Waals surface area (Å²) in [4.78, 5) is 0. The molecule has 0 spiro atoms. The predicted octanol–water partition coefficient (Wildman–Crippen LogP) is 3.06. The molecule has 0 aliphatic heterocycles. The third kappa shape index (κ3) is 3.57. The van der Waals surface area contributed by atoms with E-state index in [2.05, 4.69) is 39.9 Å². The maximum atomic E-state index is 3.56. The molecule has 0 saturated carbocycles. The molecule has 0 saturated heterocycles. The summed E-state index contributed by atoms with van der Waals surface area (Å²) in [7, 11) is 0. The maximum absolute atomic E-state index is 3.56. The highest BCUT2D eigenvalue weighted by atomic mass is 14.9. The van der Waals surface area contributed by atoms with E-state index < -0.39 is 0 Å². The van der Waals surface area contributed by atoms with Crippen LogP contribution in [0.15, 0.2) is 0 Å². The molecule has 0 rings (SSSR count). The minimum absolute atomic E-state index is 0.722. The van der Waals surface area contributed by atoms with Crippen molar-refractivity contribution in [2.75, 3.05) is 6.54 Å². The Morgan fingerprint density at radius 1 is 1.00 bits per heavy atom. The van der Waals surface area contributed by atoms with Crippen molar-refractivity contribution in [1.82, 2.24) is 5.32 Å². The Labute approximate surface area is 77.9 Å². The lowest BCUT2D eigenvalue weighted by Gasteiger charge is -2.29. The van der Waals surface area contributed by atoms with Crippen molar-refractivity contribution in [1.29, 1.82) is 0 Å². The summed E-state index contributed by atoms with van der Waals surface area (Å²) >= 11 is 0. The van der Waals surface area contributed by atoms with Gasteiger partial charge in [-0.3, -0.25) is 0 Å². The quantitative estimate of drug-likeness (QED) is 0.647. The molecule has 12 heavy (non-hydrogen) atoms. The fourth-order valence-corrected chi connectivity index (χ4v) is 2.08. The summed E-state index contributed by atoms with van der Waals surface area (Å²) in [5.74, 6) is 1.65. The normalized spacial score (nSPS) is 16.5. The third-order valence-electron chi connectivity index (χ3n) is 2.75. The van der Waals surface area contributed by atoms with E-state index in [1.807, 2.05) is 0 Å². The van der Waals surface area contributed by atoms with Gasteiger partial charge in [0.25, 0.3) is 0 Å². The Morgan fingerprint density at radius 3 is 1.83 bits per heavy atom. The van der Waals surface area contributed by atoms with Gasteiger partial charge in [0.15, 0.2) is 0 Å². The SMILES string of the molecule is CCNC(CC)[C@@H](CC)C(C)C. The minimum atomic E-state index is 0.722. The molecule has 0 radical (unpaired) electrons. The van der Waals surface area contributed by atoms with E-state index in [9.17, 15) is 0 Å². The molecule has 0 aromatic rings. The van der Waals surface area contributed by atoms with Gasteiger partial charge >= 0.3 is 0 Å². The van der Waals surface area contributed by atoms with E-state index in [-0.39, 0.29) is 0 Å². The maximum Gasteiger partial charge on any atom is 0.00949 e. The summed E-state index contributed by atoms with van der Waals surface area (Å²) in [5, 5.41) is 3.56. The summed E-state index contributed by atoms with van der Waals surface area (Å²) in [5.41, 5.74) is 0. The Morgan fingerprint density at radius 2 is 1.58 bits per heavy atom. The molecule has 0 aliphatic rings. The zero-order valence-corrected chi connectivity index (χ0v) is 9.35. The lowest BCUT2D eigenvalue weighted by Crippen LogP contribution is -2.37. The minimum Gasteiger partial charge on any atom is -0.314 e. The van der Waals surface area contributed by atoms with E-state index in [4.69, 9.17) is 0 Å². The van der Waals surface area contributed by atoms with Crippen molar-refractivity contribution in [3.05, 3.63) is 0 Å². The topological polar surface area (TPSA) is 12.0 Å². The van der Waals surface area contributed by atoms with Crippen molar-refractivity contribution >= 4 is 0 Å². The van der Waals surface area contributed by atoms with E-state index in [1.54, 1.807) is 0 Å². The van der Waals surface area contributed by atoms with Gasteiger partial charge in [0.2, 0.25) is 0 Å². The molecule has 1 unspecified atom stereocenters. The summed E-state index contributed by atoms with van der Waals surface area (Å²) in [6, 6.07) is 0.722. The largest absolute Gasteiger partial charge is 0.314 e. The first-order valence-corrected chi connectivity index (χ1v) is 5.40. The lowest BCUT2D eigenvalue weighted by atomic mass is 9.85. The molecule has 2 atom stereocenters. The Kier molecular flexibility index (Phi) is 6.45. The van der Waals surface area contributed by atoms with Crippen molar-refractivity contribution in [3.8, 4) is 0 Å². The fourth-order valence-electron chi connectivity index (χ4n) is 2.08. The first-order chi connectivity index (χ1) is 5.67.